The number of rotatable bonds is 5. The summed E-state index contributed by atoms with van der Waals surface area (Å²) >= 11 is 5.75. The van der Waals surface area contributed by atoms with Crippen molar-refractivity contribution in [1.29, 1.82) is 0 Å². The predicted octanol–water partition coefficient (Wildman–Crippen LogP) is 4.82. The first-order chi connectivity index (χ1) is 9.95. The minimum atomic E-state index is -0.741. The van der Waals surface area contributed by atoms with E-state index >= 15 is 0 Å². The maximum Gasteiger partial charge on any atom is 0.168 e. The van der Waals surface area contributed by atoms with E-state index in [1.807, 2.05) is 0 Å². The summed E-state index contributed by atoms with van der Waals surface area (Å²) in [5.41, 5.74) is 0.882. The van der Waals surface area contributed by atoms with Crippen LogP contribution in [0.3, 0.4) is 0 Å². The number of anilines is 1. The molecule has 1 N–H and O–H groups in total. The van der Waals surface area contributed by atoms with Crippen LogP contribution in [0.5, 0.6) is 0 Å². The van der Waals surface area contributed by atoms with Gasteiger partial charge in [-0.05, 0) is 36.4 Å². The van der Waals surface area contributed by atoms with Crippen LogP contribution in [0.15, 0.2) is 54.7 Å². The summed E-state index contributed by atoms with van der Waals surface area (Å²) in [6, 6.07) is 9.58. The molecule has 0 saturated heterocycles. The third-order valence-corrected chi connectivity index (χ3v) is 3.03. The zero-order chi connectivity index (χ0) is 15.4. The quantitative estimate of drug-likeness (QED) is 0.803. The Kier molecular flexibility index (Phi) is 4.70. The molecule has 0 unspecified atom stereocenters. The third-order valence-electron chi connectivity index (χ3n) is 2.78. The summed E-state index contributed by atoms with van der Waals surface area (Å²) in [6.45, 7) is 3.68. The molecule has 0 aromatic heterocycles. The van der Waals surface area contributed by atoms with Crippen molar-refractivity contribution < 1.29 is 13.6 Å². The molecule has 2 aromatic rings. The Bertz CT molecular complexity index is 683. The molecule has 2 aromatic carbocycles. The van der Waals surface area contributed by atoms with Crippen molar-refractivity contribution >= 4 is 23.1 Å². The topological polar surface area (TPSA) is 29.1 Å². The molecule has 0 amide bonds. The highest BCUT2D eigenvalue weighted by molar-refractivity contribution is 6.30. The number of halogens is 3. The van der Waals surface area contributed by atoms with Crippen LogP contribution in [-0.2, 0) is 0 Å². The Balaban J connectivity index is 2.01. The molecule has 5 heteroatoms. The Hall–Kier alpha value is -2.20. The second-order valence-corrected chi connectivity index (χ2v) is 4.90. The molecule has 0 aliphatic rings. The lowest BCUT2D eigenvalue weighted by Crippen LogP contribution is -2.07. The zero-order valence-electron chi connectivity index (χ0n) is 11.0. The van der Waals surface area contributed by atoms with Gasteiger partial charge < -0.3 is 5.32 Å². The van der Waals surface area contributed by atoms with E-state index in [4.69, 9.17) is 11.6 Å². The molecule has 0 saturated carbocycles. The van der Waals surface area contributed by atoms with Gasteiger partial charge in [0, 0.05) is 22.3 Å². The minimum absolute atomic E-state index is 0.00154. The smallest absolute Gasteiger partial charge is 0.168 e. The summed E-state index contributed by atoms with van der Waals surface area (Å²) in [5, 5.41) is 3.21. The molecule has 0 aliphatic carbocycles. The van der Waals surface area contributed by atoms with E-state index in [9.17, 15) is 13.6 Å². The van der Waals surface area contributed by atoms with Gasteiger partial charge in [-0.2, -0.15) is 0 Å². The maximum atomic E-state index is 13.5. The van der Waals surface area contributed by atoms with Crippen molar-refractivity contribution in [2.45, 2.75) is 6.42 Å². The van der Waals surface area contributed by atoms with Crippen LogP contribution in [0.25, 0.3) is 0 Å². The summed E-state index contributed by atoms with van der Waals surface area (Å²) in [6.07, 6.45) is -0.00154. The van der Waals surface area contributed by atoms with Crippen molar-refractivity contribution in [2.75, 3.05) is 5.32 Å². The lowest BCUT2D eigenvalue weighted by Gasteiger charge is -2.10. The van der Waals surface area contributed by atoms with Gasteiger partial charge in [-0.25, -0.2) is 8.78 Å². The van der Waals surface area contributed by atoms with Gasteiger partial charge >= 0.3 is 0 Å². The van der Waals surface area contributed by atoms with Crippen molar-refractivity contribution in [2.24, 2.45) is 0 Å². The van der Waals surface area contributed by atoms with E-state index in [1.165, 1.54) is 6.07 Å². The predicted molar refractivity (Wildman–Crippen MR) is 79.5 cm³/mol. The Morgan fingerprint density at radius 2 is 1.81 bits per heavy atom. The molecule has 0 fully saturated rings. The Morgan fingerprint density at radius 3 is 2.43 bits per heavy atom. The summed E-state index contributed by atoms with van der Waals surface area (Å²) in [5.74, 6) is -1.58. The first kappa shape index (κ1) is 15.2. The third kappa shape index (κ3) is 4.13. The van der Waals surface area contributed by atoms with Crippen molar-refractivity contribution in [3.63, 3.8) is 0 Å². The van der Waals surface area contributed by atoms with Crippen LogP contribution >= 0.6 is 11.6 Å². The monoisotopic (exact) mass is 307 g/mol. The van der Waals surface area contributed by atoms with Gasteiger partial charge in [0.15, 0.2) is 5.78 Å². The second kappa shape index (κ2) is 6.50. The van der Waals surface area contributed by atoms with E-state index < -0.39 is 11.6 Å². The number of nitrogens with one attached hydrogen (secondary N) is 1. The van der Waals surface area contributed by atoms with Gasteiger partial charge in [-0.3, -0.25) is 4.79 Å². The molecule has 21 heavy (non-hydrogen) atoms. The minimum Gasteiger partial charge on any atom is -0.357 e. The number of benzene rings is 2. The normalized spacial score (nSPS) is 10.2. The van der Waals surface area contributed by atoms with Crippen molar-refractivity contribution in [3.05, 3.63) is 77.0 Å². The van der Waals surface area contributed by atoms with Gasteiger partial charge in [0.25, 0.3) is 0 Å². The number of carbonyl (C=O) groups excluding carboxylic acids is 1. The summed E-state index contributed by atoms with van der Waals surface area (Å²) in [7, 11) is 0. The molecule has 0 radical (unpaired) electrons. The van der Waals surface area contributed by atoms with Gasteiger partial charge in [-0.1, -0.05) is 18.2 Å². The maximum absolute atomic E-state index is 13.5. The number of allylic oxidation sites excluding steroid dienone is 1. The molecule has 108 valence electrons. The highest BCUT2D eigenvalue weighted by Crippen LogP contribution is 2.19. The van der Waals surface area contributed by atoms with E-state index in [0.717, 1.165) is 12.1 Å². The molecule has 0 spiro atoms. The average molecular weight is 308 g/mol. The summed E-state index contributed by atoms with van der Waals surface area (Å²) < 4.78 is 26.3. The van der Waals surface area contributed by atoms with Crippen LogP contribution in [0.2, 0.25) is 5.02 Å². The number of hydrogen-bond donors (Lipinski definition) is 1. The van der Waals surface area contributed by atoms with Crippen LogP contribution in [-0.4, -0.2) is 5.78 Å². The number of hydrogen-bond acceptors (Lipinski definition) is 2. The number of carbonyl (C=O) groups is 1. The van der Waals surface area contributed by atoms with E-state index in [0.29, 0.717) is 16.3 Å². The fourth-order valence-electron chi connectivity index (χ4n) is 1.76. The Morgan fingerprint density at radius 1 is 1.14 bits per heavy atom. The van der Waals surface area contributed by atoms with Gasteiger partial charge in [0.1, 0.15) is 11.6 Å². The number of Topliss-reactive ketones (excluding diaryl/α,β-unsaturated/α-hetero) is 1. The SMILES string of the molecule is C=C(CC(=O)c1ccc(Cl)cc1)Nc1ccc(F)cc1F. The van der Waals surface area contributed by atoms with Crippen LogP contribution < -0.4 is 5.32 Å². The molecule has 0 aliphatic heterocycles. The molecule has 0 heterocycles. The van der Waals surface area contributed by atoms with Gasteiger partial charge in [0.05, 0.1) is 12.1 Å². The fourth-order valence-corrected chi connectivity index (χ4v) is 1.88. The zero-order valence-corrected chi connectivity index (χ0v) is 11.8. The van der Waals surface area contributed by atoms with E-state index in [2.05, 4.69) is 11.9 Å². The van der Waals surface area contributed by atoms with Gasteiger partial charge in [-0.15, -0.1) is 0 Å². The second-order valence-electron chi connectivity index (χ2n) is 4.46. The van der Waals surface area contributed by atoms with Crippen molar-refractivity contribution in [3.8, 4) is 0 Å². The van der Waals surface area contributed by atoms with E-state index in [1.54, 1.807) is 24.3 Å². The summed E-state index contributed by atoms with van der Waals surface area (Å²) in [4.78, 5) is 12.0. The molecule has 2 nitrogen and oxygen atoms in total. The largest absolute Gasteiger partial charge is 0.357 e. The first-order valence-electron chi connectivity index (χ1n) is 6.14. The standard InChI is InChI=1S/C16H12ClF2NO/c1-10(20-15-7-6-13(18)9-14(15)19)8-16(21)11-2-4-12(17)5-3-11/h2-7,9,20H,1,8H2. The Labute approximate surface area is 126 Å². The molecular weight excluding hydrogens is 296 g/mol. The van der Waals surface area contributed by atoms with Crippen LogP contribution in [0.1, 0.15) is 16.8 Å². The molecular formula is C16H12ClF2NO. The van der Waals surface area contributed by atoms with Crippen LogP contribution in [0.4, 0.5) is 14.5 Å². The highest BCUT2D eigenvalue weighted by Gasteiger charge is 2.10. The first-order valence-corrected chi connectivity index (χ1v) is 6.52. The molecule has 2 rings (SSSR count). The number of ketones is 1. The highest BCUT2D eigenvalue weighted by atomic mass is 35.5. The van der Waals surface area contributed by atoms with Crippen molar-refractivity contribution in [1.82, 2.24) is 0 Å². The lowest BCUT2D eigenvalue weighted by atomic mass is 10.1. The lowest BCUT2D eigenvalue weighted by molar-refractivity contribution is 0.0993. The fraction of sp³-hybridized carbons (Fsp3) is 0.0625. The molecule has 0 atom stereocenters. The average Bonchev–Trinajstić information content (AvgIpc) is 2.42. The molecule has 0 bridgehead atoms. The van der Waals surface area contributed by atoms with Crippen LogP contribution in [0, 0.1) is 11.6 Å². The van der Waals surface area contributed by atoms with Gasteiger partial charge in [0.2, 0.25) is 0 Å². The van der Waals surface area contributed by atoms with E-state index in [-0.39, 0.29) is 17.9 Å².